The molecule has 2 unspecified atom stereocenters. The molecule has 0 aromatic heterocycles. The van der Waals surface area contributed by atoms with E-state index in [-0.39, 0.29) is 5.92 Å². The van der Waals surface area contributed by atoms with Crippen LogP contribution in [0.5, 0.6) is 0 Å². The van der Waals surface area contributed by atoms with Crippen LogP contribution in [0.15, 0.2) is 0 Å². The van der Waals surface area contributed by atoms with Crippen LogP contribution in [0.25, 0.3) is 0 Å². The molecule has 78 valence electrons. The molecule has 0 aromatic rings. The van der Waals surface area contributed by atoms with Gasteiger partial charge in [0.05, 0.1) is 0 Å². The van der Waals surface area contributed by atoms with E-state index in [9.17, 15) is 4.39 Å². The second-order valence-corrected chi connectivity index (χ2v) is 4.23. The van der Waals surface area contributed by atoms with E-state index in [4.69, 9.17) is 5.73 Å². The third-order valence-corrected chi connectivity index (χ3v) is 2.94. The predicted molar refractivity (Wildman–Crippen MR) is 53.4 cm³/mol. The van der Waals surface area contributed by atoms with Crippen LogP contribution < -0.4 is 5.73 Å². The van der Waals surface area contributed by atoms with Crippen molar-refractivity contribution in [3.8, 4) is 0 Å². The smallest absolute Gasteiger partial charge is 0.105 e. The van der Waals surface area contributed by atoms with E-state index in [0.717, 1.165) is 19.5 Å². The van der Waals surface area contributed by atoms with Gasteiger partial charge in [0.25, 0.3) is 0 Å². The van der Waals surface area contributed by atoms with Gasteiger partial charge in [0.15, 0.2) is 0 Å². The topological polar surface area (TPSA) is 29.3 Å². The average Bonchev–Trinajstić information content (AvgIpc) is 2.52. The summed E-state index contributed by atoms with van der Waals surface area (Å²) in [7, 11) is 0. The number of alkyl halides is 1. The van der Waals surface area contributed by atoms with Gasteiger partial charge in [-0.3, -0.25) is 0 Å². The van der Waals surface area contributed by atoms with E-state index in [1.807, 2.05) is 0 Å². The zero-order valence-corrected chi connectivity index (χ0v) is 8.67. The van der Waals surface area contributed by atoms with E-state index in [1.165, 1.54) is 0 Å². The minimum atomic E-state index is -0.686. The molecule has 0 saturated carbocycles. The van der Waals surface area contributed by atoms with Crippen LogP contribution in [0, 0.1) is 5.92 Å². The van der Waals surface area contributed by atoms with Gasteiger partial charge in [0.1, 0.15) is 6.17 Å². The molecule has 1 saturated heterocycles. The van der Waals surface area contributed by atoms with Gasteiger partial charge < -0.3 is 10.6 Å². The van der Waals surface area contributed by atoms with Crippen molar-refractivity contribution >= 4 is 0 Å². The first-order valence-corrected chi connectivity index (χ1v) is 5.23. The van der Waals surface area contributed by atoms with Gasteiger partial charge in [-0.1, -0.05) is 0 Å². The molecule has 0 aromatic carbocycles. The first kappa shape index (κ1) is 10.9. The number of nitrogens with two attached hydrogens (primary N) is 1. The molecule has 0 bridgehead atoms. The summed E-state index contributed by atoms with van der Waals surface area (Å²) in [6.45, 7) is 6.77. The van der Waals surface area contributed by atoms with Crippen molar-refractivity contribution in [1.82, 2.24) is 4.90 Å². The van der Waals surface area contributed by atoms with Crippen LogP contribution in [-0.2, 0) is 0 Å². The maximum Gasteiger partial charge on any atom is 0.105 e. The summed E-state index contributed by atoms with van der Waals surface area (Å²) in [4.78, 5) is 2.34. The Bertz CT molecular complexity index is 150. The van der Waals surface area contributed by atoms with Gasteiger partial charge in [-0.25, -0.2) is 4.39 Å². The maximum atomic E-state index is 13.4. The van der Waals surface area contributed by atoms with E-state index < -0.39 is 6.17 Å². The summed E-state index contributed by atoms with van der Waals surface area (Å²) in [6, 6.07) is 0.551. The van der Waals surface area contributed by atoms with Gasteiger partial charge in [0, 0.05) is 18.5 Å². The Morgan fingerprint density at radius 2 is 2.23 bits per heavy atom. The molecule has 1 aliphatic heterocycles. The molecule has 0 spiro atoms. The van der Waals surface area contributed by atoms with Crippen LogP contribution in [0.3, 0.4) is 0 Å². The van der Waals surface area contributed by atoms with Crippen molar-refractivity contribution in [2.24, 2.45) is 11.7 Å². The Morgan fingerprint density at radius 1 is 1.54 bits per heavy atom. The van der Waals surface area contributed by atoms with Crippen molar-refractivity contribution in [3.63, 3.8) is 0 Å². The highest BCUT2D eigenvalue weighted by atomic mass is 19.1. The largest absolute Gasteiger partial charge is 0.330 e. The minimum absolute atomic E-state index is 0.228. The van der Waals surface area contributed by atoms with Crippen molar-refractivity contribution in [2.75, 3.05) is 19.6 Å². The summed E-state index contributed by atoms with van der Waals surface area (Å²) in [6.07, 6.45) is 0.837. The lowest BCUT2D eigenvalue weighted by Gasteiger charge is -2.21. The van der Waals surface area contributed by atoms with E-state index in [1.54, 1.807) is 0 Å². The predicted octanol–water partition coefficient (Wildman–Crippen LogP) is 1.40. The molecule has 0 radical (unpaired) electrons. The van der Waals surface area contributed by atoms with Gasteiger partial charge in [-0.15, -0.1) is 0 Å². The average molecular weight is 188 g/mol. The second-order valence-electron chi connectivity index (χ2n) is 4.23. The lowest BCUT2D eigenvalue weighted by Crippen LogP contribution is -2.30. The summed E-state index contributed by atoms with van der Waals surface area (Å²) >= 11 is 0. The van der Waals surface area contributed by atoms with Gasteiger partial charge in [-0.05, 0) is 39.8 Å². The van der Waals surface area contributed by atoms with Crippen molar-refractivity contribution in [3.05, 3.63) is 0 Å². The summed E-state index contributed by atoms with van der Waals surface area (Å²) in [5.41, 5.74) is 5.34. The third kappa shape index (κ3) is 2.92. The van der Waals surface area contributed by atoms with Gasteiger partial charge >= 0.3 is 0 Å². The van der Waals surface area contributed by atoms with Gasteiger partial charge in [-0.2, -0.15) is 0 Å². The molecular formula is C10H21FN2. The van der Waals surface area contributed by atoms with Crippen molar-refractivity contribution in [1.29, 1.82) is 0 Å². The van der Waals surface area contributed by atoms with Crippen LogP contribution in [0.1, 0.15) is 26.7 Å². The Morgan fingerprint density at radius 3 is 2.69 bits per heavy atom. The molecule has 0 aliphatic carbocycles. The summed E-state index contributed by atoms with van der Waals surface area (Å²) in [5, 5.41) is 0. The molecule has 1 aliphatic rings. The SMILES string of the molecule is CC(C)N1CCC(C(F)CCN)C1. The standard InChI is InChI=1S/C10H21FN2/c1-8(2)13-6-4-9(7-13)10(11)3-5-12/h8-10H,3-7,12H2,1-2H3. The Kier molecular flexibility index (Phi) is 4.13. The highest BCUT2D eigenvalue weighted by Gasteiger charge is 2.29. The van der Waals surface area contributed by atoms with E-state index in [0.29, 0.717) is 19.0 Å². The minimum Gasteiger partial charge on any atom is -0.330 e. The second kappa shape index (κ2) is 4.91. The Balaban J connectivity index is 2.31. The lowest BCUT2D eigenvalue weighted by molar-refractivity contribution is 0.198. The zero-order valence-electron chi connectivity index (χ0n) is 8.67. The molecule has 2 atom stereocenters. The normalized spacial score (nSPS) is 27.0. The first-order valence-electron chi connectivity index (χ1n) is 5.23. The Labute approximate surface area is 80.3 Å². The fraction of sp³-hybridized carbons (Fsp3) is 1.00. The molecule has 2 N–H and O–H groups in total. The van der Waals surface area contributed by atoms with Gasteiger partial charge in [0.2, 0.25) is 0 Å². The number of likely N-dealkylation sites (tertiary alicyclic amines) is 1. The highest BCUT2D eigenvalue weighted by Crippen LogP contribution is 2.24. The quantitative estimate of drug-likeness (QED) is 0.722. The fourth-order valence-electron chi connectivity index (χ4n) is 1.97. The number of rotatable bonds is 4. The summed E-state index contributed by atoms with van der Waals surface area (Å²) in [5.74, 6) is 0.228. The fourth-order valence-corrected chi connectivity index (χ4v) is 1.97. The molecule has 13 heavy (non-hydrogen) atoms. The zero-order chi connectivity index (χ0) is 9.84. The molecule has 1 fully saturated rings. The van der Waals surface area contributed by atoms with Crippen LogP contribution >= 0.6 is 0 Å². The van der Waals surface area contributed by atoms with Crippen LogP contribution in [0.2, 0.25) is 0 Å². The number of nitrogens with zero attached hydrogens (tertiary/aromatic N) is 1. The summed E-state index contributed by atoms with van der Waals surface area (Å²) < 4.78 is 13.4. The number of hydrogen-bond donors (Lipinski definition) is 1. The molecule has 0 amide bonds. The molecule has 1 heterocycles. The first-order chi connectivity index (χ1) is 6.15. The van der Waals surface area contributed by atoms with Crippen molar-refractivity contribution < 1.29 is 4.39 Å². The monoisotopic (exact) mass is 188 g/mol. The third-order valence-electron chi connectivity index (χ3n) is 2.94. The van der Waals surface area contributed by atoms with Crippen LogP contribution in [-0.4, -0.2) is 36.7 Å². The Hall–Kier alpha value is -0.150. The number of hydrogen-bond acceptors (Lipinski definition) is 2. The van der Waals surface area contributed by atoms with Crippen molar-refractivity contribution in [2.45, 2.75) is 38.9 Å². The highest BCUT2D eigenvalue weighted by molar-refractivity contribution is 4.82. The molecule has 1 rings (SSSR count). The number of halogens is 1. The maximum absolute atomic E-state index is 13.4. The van der Waals surface area contributed by atoms with E-state index >= 15 is 0 Å². The molecular weight excluding hydrogens is 167 g/mol. The lowest BCUT2D eigenvalue weighted by atomic mass is 10.0. The van der Waals surface area contributed by atoms with Crippen LogP contribution in [0.4, 0.5) is 4.39 Å². The van der Waals surface area contributed by atoms with E-state index in [2.05, 4.69) is 18.7 Å². The molecule has 2 nitrogen and oxygen atoms in total. The molecule has 3 heteroatoms.